The van der Waals surface area contributed by atoms with Gasteiger partial charge in [0.1, 0.15) is 0 Å². The van der Waals surface area contributed by atoms with Gasteiger partial charge in [0.25, 0.3) is 0 Å². The molecule has 4 nitrogen and oxygen atoms in total. The number of aromatic nitrogens is 2. The predicted octanol–water partition coefficient (Wildman–Crippen LogP) is 2.95. The van der Waals surface area contributed by atoms with Gasteiger partial charge in [0, 0.05) is 24.1 Å². The van der Waals surface area contributed by atoms with Gasteiger partial charge in [0.05, 0.1) is 0 Å². The summed E-state index contributed by atoms with van der Waals surface area (Å²) in [6.07, 6.45) is 0.577. The maximum absolute atomic E-state index is 13.1. The summed E-state index contributed by atoms with van der Waals surface area (Å²) in [7, 11) is 0. The quantitative estimate of drug-likeness (QED) is 0.936. The number of benzene rings is 1. The SMILES string of the molecule is CC(C)(C)NCCc1nc(-c2ccc(F)c(F)c2)no1. The maximum atomic E-state index is 13.1. The molecule has 1 N–H and O–H groups in total. The van der Waals surface area contributed by atoms with E-state index in [1.807, 2.05) is 0 Å². The molecule has 0 aliphatic carbocycles. The first kappa shape index (κ1) is 14.6. The first-order valence-corrected chi connectivity index (χ1v) is 6.38. The topological polar surface area (TPSA) is 51.0 Å². The van der Waals surface area contributed by atoms with Crippen LogP contribution in [0.5, 0.6) is 0 Å². The monoisotopic (exact) mass is 281 g/mol. The molecule has 0 spiro atoms. The lowest BCUT2D eigenvalue weighted by Gasteiger charge is -2.19. The fraction of sp³-hybridized carbons (Fsp3) is 0.429. The van der Waals surface area contributed by atoms with Crippen molar-refractivity contribution in [2.75, 3.05) is 6.54 Å². The lowest BCUT2D eigenvalue weighted by atomic mass is 10.1. The molecule has 6 heteroatoms. The number of nitrogens with one attached hydrogen (secondary N) is 1. The Morgan fingerprint density at radius 3 is 2.60 bits per heavy atom. The number of rotatable bonds is 4. The highest BCUT2D eigenvalue weighted by molar-refractivity contribution is 5.54. The van der Waals surface area contributed by atoms with Crippen LogP contribution in [0, 0.1) is 11.6 Å². The number of nitrogens with zero attached hydrogens (tertiary/aromatic N) is 2. The Kier molecular flexibility index (Phi) is 4.13. The van der Waals surface area contributed by atoms with Gasteiger partial charge in [-0.1, -0.05) is 5.16 Å². The van der Waals surface area contributed by atoms with Crippen molar-refractivity contribution in [3.8, 4) is 11.4 Å². The molecular weight excluding hydrogens is 264 g/mol. The standard InChI is InChI=1S/C14H17F2N3O/c1-14(2,3)17-7-6-12-18-13(19-20-12)9-4-5-10(15)11(16)8-9/h4-5,8,17H,6-7H2,1-3H3. The van der Waals surface area contributed by atoms with Gasteiger partial charge in [0.2, 0.25) is 11.7 Å². The highest BCUT2D eigenvalue weighted by Gasteiger charge is 2.13. The van der Waals surface area contributed by atoms with Crippen LogP contribution >= 0.6 is 0 Å². The number of halogens is 2. The summed E-state index contributed by atoms with van der Waals surface area (Å²) in [6, 6.07) is 3.51. The Labute approximate surface area is 116 Å². The fourth-order valence-corrected chi connectivity index (χ4v) is 1.65. The highest BCUT2D eigenvalue weighted by atomic mass is 19.2. The molecule has 0 saturated carbocycles. The van der Waals surface area contributed by atoms with Crippen LogP contribution in [-0.4, -0.2) is 22.2 Å². The Balaban J connectivity index is 2.03. The molecule has 0 amide bonds. The molecule has 2 aromatic rings. The predicted molar refractivity (Wildman–Crippen MR) is 71.1 cm³/mol. The number of hydrogen-bond donors (Lipinski definition) is 1. The summed E-state index contributed by atoms with van der Waals surface area (Å²) in [5.41, 5.74) is 0.408. The van der Waals surface area contributed by atoms with Crippen molar-refractivity contribution in [3.63, 3.8) is 0 Å². The molecule has 0 unspecified atom stereocenters. The lowest BCUT2D eigenvalue weighted by Crippen LogP contribution is -2.37. The van der Waals surface area contributed by atoms with Crippen LogP contribution in [0.25, 0.3) is 11.4 Å². The van der Waals surface area contributed by atoms with Crippen LogP contribution in [-0.2, 0) is 6.42 Å². The van der Waals surface area contributed by atoms with Crippen molar-refractivity contribution >= 4 is 0 Å². The molecule has 0 bridgehead atoms. The molecule has 0 radical (unpaired) electrons. The van der Waals surface area contributed by atoms with E-state index in [1.165, 1.54) is 6.07 Å². The van der Waals surface area contributed by atoms with Gasteiger partial charge >= 0.3 is 0 Å². The Morgan fingerprint density at radius 2 is 1.95 bits per heavy atom. The molecule has 0 aliphatic rings. The lowest BCUT2D eigenvalue weighted by molar-refractivity contribution is 0.362. The average molecular weight is 281 g/mol. The molecule has 2 rings (SSSR count). The van der Waals surface area contributed by atoms with Gasteiger partial charge in [-0.2, -0.15) is 4.98 Å². The minimum absolute atomic E-state index is 0.0168. The van der Waals surface area contributed by atoms with Gasteiger partial charge in [-0.15, -0.1) is 0 Å². The van der Waals surface area contributed by atoms with E-state index in [0.29, 0.717) is 24.4 Å². The zero-order valence-electron chi connectivity index (χ0n) is 11.7. The summed E-state index contributed by atoms with van der Waals surface area (Å²) >= 11 is 0. The van der Waals surface area contributed by atoms with E-state index >= 15 is 0 Å². The molecule has 0 atom stereocenters. The van der Waals surface area contributed by atoms with Crippen molar-refractivity contribution in [2.24, 2.45) is 0 Å². The summed E-state index contributed by atoms with van der Waals surface area (Å²) in [6.45, 7) is 6.89. The van der Waals surface area contributed by atoms with Crippen LogP contribution < -0.4 is 5.32 Å². The Bertz CT molecular complexity index is 590. The highest BCUT2D eigenvalue weighted by Crippen LogP contribution is 2.18. The molecule has 1 aromatic heterocycles. The van der Waals surface area contributed by atoms with Crippen molar-refractivity contribution in [1.82, 2.24) is 15.5 Å². The summed E-state index contributed by atoms with van der Waals surface area (Å²) < 4.78 is 31.1. The first-order valence-electron chi connectivity index (χ1n) is 6.38. The fourth-order valence-electron chi connectivity index (χ4n) is 1.65. The minimum Gasteiger partial charge on any atom is -0.339 e. The average Bonchev–Trinajstić information content (AvgIpc) is 2.80. The van der Waals surface area contributed by atoms with E-state index in [-0.39, 0.29) is 11.4 Å². The zero-order valence-corrected chi connectivity index (χ0v) is 11.7. The molecule has 108 valence electrons. The van der Waals surface area contributed by atoms with E-state index in [4.69, 9.17) is 4.52 Å². The third-order valence-electron chi connectivity index (χ3n) is 2.64. The van der Waals surface area contributed by atoms with Gasteiger partial charge < -0.3 is 9.84 Å². The van der Waals surface area contributed by atoms with E-state index in [9.17, 15) is 8.78 Å². The summed E-state index contributed by atoms with van der Waals surface area (Å²) in [4.78, 5) is 4.16. The normalized spacial score (nSPS) is 11.8. The number of hydrogen-bond acceptors (Lipinski definition) is 4. The molecule has 20 heavy (non-hydrogen) atoms. The summed E-state index contributed by atoms with van der Waals surface area (Å²) in [5.74, 6) is -1.11. The van der Waals surface area contributed by atoms with Gasteiger partial charge in [0.15, 0.2) is 11.6 Å². The van der Waals surface area contributed by atoms with E-state index < -0.39 is 11.6 Å². The minimum atomic E-state index is -0.928. The van der Waals surface area contributed by atoms with Crippen LogP contribution in [0.15, 0.2) is 22.7 Å². The largest absolute Gasteiger partial charge is 0.339 e. The molecule has 1 aromatic carbocycles. The third-order valence-corrected chi connectivity index (χ3v) is 2.64. The maximum Gasteiger partial charge on any atom is 0.228 e. The van der Waals surface area contributed by atoms with Gasteiger partial charge in [-0.25, -0.2) is 8.78 Å². The van der Waals surface area contributed by atoms with E-state index in [2.05, 4.69) is 36.2 Å². The molecule has 1 heterocycles. The molecule has 0 saturated heterocycles. The van der Waals surface area contributed by atoms with Crippen molar-refractivity contribution < 1.29 is 13.3 Å². The van der Waals surface area contributed by atoms with Gasteiger partial charge in [-0.05, 0) is 39.0 Å². The van der Waals surface area contributed by atoms with Crippen LogP contribution in [0.2, 0.25) is 0 Å². The zero-order chi connectivity index (χ0) is 14.8. The van der Waals surface area contributed by atoms with Crippen LogP contribution in [0.1, 0.15) is 26.7 Å². The van der Waals surface area contributed by atoms with Crippen molar-refractivity contribution in [3.05, 3.63) is 35.7 Å². The van der Waals surface area contributed by atoms with Crippen LogP contribution in [0.4, 0.5) is 8.78 Å². The molecule has 0 fully saturated rings. The smallest absolute Gasteiger partial charge is 0.228 e. The van der Waals surface area contributed by atoms with Crippen molar-refractivity contribution in [1.29, 1.82) is 0 Å². The second-order valence-corrected chi connectivity index (χ2v) is 5.57. The van der Waals surface area contributed by atoms with Crippen LogP contribution in [0.3, 0.4) is 0 Å². The Hall–Kier alpha value is -1.82. The third kappa shape index (κ3) is 3.84. The van der Waals surface area contributed by atoms with Crippen molar-refractivity contribution in [2.45, 2.75) is 32.7 Å². The Morgan fingerprint density at radius 1 is 1.20 bits per heavy atom. The van der Waals surface area contributed by atoms with E-state index in [0.717, 1.165) is 12.1 Å². The van der Waals surface area contributed by atoms with E-state index in [1.54, 1.807) is 0 Å². The molecular formula is C14H17F2N3O. The summed E-state index contributed by atoms with van der Waals surface area (Å²) in [5, 5.41) is 7.07. The van der Waals surface area contributed by atoms with Gasteiger partial charge in [-0.3, -0.25) is 0 Å². The second kappa shape index (κ2) is 5.66. The second-order valence-electron chi connectivity index (χ2n) is 5.57. The molecule has 0 aliphatic heterocycles. The first-order chi connectivity index (χ1) is 9.35.